The lowest BCUT2D eigenvalue weighted by molar-refractivity contribution is 0.507. The number of rotatable bonds is 7. The molecular formula is C13H20BrNS. The van der Waals surface area contributed by atoms with Gasteiger partial charge in [-0.3, -0.25) is 0 Å². The number of nitrogens with one attached hydrogen (secondary N) is 1. The zero-order valence-corrected chi connectivity index (χ0v) is 12.5. The van der Waals surface area contributed by atoms with Crippen LogP contribution in [0.25, 0.3) is 0 Å². The Balaban J connectivity index is 2.64. The number of aryl methyl sites for hydroxylation is 1. The molecule has 0 saturated heterocycles. The number of hydrogen-bond acceptors (Lipinski definition) is 2. The van der Waals surface area contributed by atoms with Crippen molar-refractivity contribution in [2.75, 3.05) is 6.54 Å². The van der Waals surface area contributed by atoms with Crippen molar-refractivity contribution >= 4 is 27.3 Å². The van der Waals surface area contributed by atoms with Crippen molar-refractivity contribution in [2.24, 2.45) is 0 Å². The molecule has 1 N–H and O–H groups in total. The van der Waals surface area contributed by atoms with E-state index in [1.165, 1.54) is 27.1 Å². The predicted octanol–water partition coefficient (Wildman–Crippen LogP) is 4.83. The second kappa shape index (κ2) is 7.25. The van der Waals surface area contributed by atoms with Gasteiger partial charge in [0.1, 0.15) is 0 Å². The van der Waals surface area contributed by atoms with Gasteiger partial charge in [0.05, 0.1) is 3.79 Å². The molecular weight excluding hydrogens is 282 g/mol. The molecule has 1 rings (SSSR count). The average molecular weight is 302 g/mol. The van der Waals surface area contributed by atoms with Crippen molar-refractivity contribution in [1.82, 2.24) is 5.32 Å². The molecule has 0 fully saturated rings. The summed E-state index contributed by atoms with van der Waals surface area (Å²) >= 11 is 5.44. The van der Waals surface area contributed by atoms with Gasteiger partial charge in [-0.25, -0.2) is 0 Å². The van der Waals surface area contributed by atoms with Crippen LogP contribution in [0.15, 0.2) is 22.5 Å². The molecule has 0 aliphatic heterocycles. The van der Waals surface area contributed by atoms with E-state index in [2.05, 4.69) is 47.7 Å². The largest absolute Gasteiger partial charge is 0.310 e. The van der Waals surface area contributed by atoms with Gasteiger partial charge in [-0.1, -0.05) is 13.0 Å². The molecule has 16 heavy (non-hydrogen) atoms. The Morgan fingerprint density at radius 1 is 1.62 bits per heavy atom. The smallest absolute Gasteiger partial charge is 0.0731 e. The summed E-state index contributed by atoms with van der Waals surface area (Å²) < 4.78 is 1.26. The van der Waals surface area contributed by atoms with Crippen LogP contribution in [0, 0.1) is 6.92 Å². The van der Waals surface area contributed by atoms with Crippen LogP contribution in [0.5, 0.6) is 0 Å². The van der Waals surface area contributed by atoms with Crippen molar-refractivity contribution in [3.05, 3.63) is 32.9 Å². The number of allylic oxidation sites excluding steroid dienone is 1. The molecule has 0 bridgehead atoms. The van der Waals surface area contributed by atoms with Gasteiger partial charge in [-0.2, -0.15) is 0 Å². The molecule has 1 aromatic heterocycles. The van der Waals surface area contributed by atoms with E-state index in [0.29, 0.717) is 6.04 Å². The second-order valence-corrected chi connectivity index (χ2v) is 6.34. The van der Waals surface area contributed by atoms with Crippen LogP contribution in [0.1, 0.15) is 42.7 Å². The minimum Gasteiger partial charge on any atom is -0.310 e. The zero-order chi connectivity index (χ0) is 12.0. The fraction of sp³-hybridized carbons (Fsp3) is 0.538. The van der Waals surface area contributed by atoms with Crippen LogP contribution >= 0.6 is 27.3 Å². The van der Waals surface area contributed by atoms with E-state index < -0.39 is 0 Å². The summed E-state index contributed by atoms with van der Waals surface area (Å²) in [6, 6.07) is 2.79. The Bertz CT molecular complexity index is 313. The van der Waals surface area contributed by atoms with Gasteiger partial charge >= 0.3 is 0 Å². The molecule has 1 atom stereocenters. The Kier molecular flexibility index (Phi) is 6.32. The molecule has 0 spiro atoms. The van der Waals surface area contributed by atoms with E-state index >= 15 is 0 Å². The summed E-state index contributed by atoms with van der Waals surface area (Å²) in [4.78, 5) is 1.44. The molecule has 3 heteroatoms. The van der Waals surface area contributed by atoms with Gasteiger partial charge in [0.15, 0.2) is 0 Å². The third-order valence-electron chi connectivity index (χ3n) is 2.57. The molecule has 1 heterocycles. The molecule has 90 valence electrons. The van der Waals surface area contributed by atoms with Crippen molar-refractivity contribution in [3.8, 4) is 0 Å². The summed E-state index contributed by atoms with van der Waals surface area (Å²) in [5, 5.41) is 3.55. The van der Waals surface area contributed by atoms with E-state index in [1.54, 1.807) is 0 Å². The van der Waals surface area contributed by atoms with Crippen LogP contribution in [-0.4, -0.2) is 6.54 Å². The molecule has 0 amide bonds. The standard InChI is InChI=1S/C13H20BrNS/c1-4-6-7-8-11(15-5-2)12-9-10(3)13(14)16-12/h4,9,11,15H,1,5-8H2,2-3H3. The SMILES string of the molecule is C=CCCCC(NCC)c1cc(C)c(Br)s1. The molecule has 0 aliphatic rings. The number of hydrogen-bond donors (Lipinski definition) is 1. The first-order valence-electron chi connectivity index (χ1n) is 5.79. The van der Waals surface area contributed by atoms with Crippen molar-refractivity contribution < 1.29 is 0 Å². The first kappa shape index (κ1) is 13.9. The highest BCUT2D eigenvalue weighted by atomic mass is 79.9. The highest BCUT2D eigenvalue weighted by Gasteiger charge is 2.13. The first-order valence-corrected chi connectivity index (χ1v) is 7.40. The van der Waals surface area contributed by atoms with Crippen molar-refractivity contribution in [2.45, 2.75) is 39.2 Å². The second-order valence-electron chi connectivity index (χ2n) is 3.94. The van der Waals surface area contributed by atoms with Crippen LogP contribution in [-0.2, 0) is 0 Å². The third-order valence-corrected chi connectivity index (χ3v) is 4.82. The fourth-order valence-electron chi connectivity index (χ4n) is 1.71. The molecule has 0 saturated carbocycles. The molecule has 0 aromatic carbocycles. The van der Waals surface area contributed by atoms with E-state index in [-0.39, 0.29) is 0 Å². The minimum absolute atomic E-state index is 0.500. The average Bonchev–Trinajstić information content (AvgIpc) is 2.58. The molecule has 0 radical (unpaired) electrons. The Morgan fingerprint density at radius 2 is 2.38 bits per heavy atom. The lowest BCUT2D eigenvalue weighted by Gasteiger charge is -2.15. The van der Waals surface area contributed by atoms with E-state index in [4.69, 9.17) is 0 Å². The number of unbranched alkanes of at least 4 members (excludes halogenated alkanes) is 1. The predicted molar refractivity (Wildman–Crippen MR) is 77.2 cm³/mol. The van der Waals surface area contributed by atoms with E-state index in [1.807, 2.05) is 17.4 Å². The quantitative estimate of drug-likeness (QED) is 0.562. The van der Waals surface area contributed by atoms with E-state index in [9.17, 15) is 0 Å². The van der Waals surface area contributed by atoms with Crippen molar-refractivity contribution in [3.63, 3.8) is 0 Å². The van der Waals surface area contributed by atoms with Crippen LogP contribution in [0.2, 0.25) is 0 Å². The molecule has 1 nitrogen and oxygen atoms in total. The summed E-state index contributed by atoms with van der Waals surface area (Å²) in [5.74, 6) is 0. The van der Waals surface area contributed by atoms with Gasteiger partial charge in [0, 0.05) is 10.9 Å². The van der Waals surface area contributed by atoms with Crippen molar-refractivity contribution in [1.29, 1.82) is 0 Å². The maximum absolute atomic E-state index is 3.77. The lowest BCUT2D eigenvalue weighted by Crippen LogP contribution is -2.19. The number of thiophene rings is 1. The topological polar surface area (TPSA) is 12.0 Å². The fourth-order valence-corrected chi connectivity index (χ4v) is 3.39. The molecule has 1 unspecified atom stereocenters. The van der Waals surface area contributed by atoms with E-state index in [0.717, 1.165) is 13.0 Å². The van der Waals surface area contributed by atoms with Gasteiger partial charge in [-0.15, -0.1) is 17.9 Å². The first-order chi connectivity index (χ1) is 7.69. The normalized spacial score (nSPS) is 12.7. The van der Waals surface area contributed by atoms with Crippen LogP contribution in [0.4, 0.5) is 0 Å². The van der Waals surface area contributed by atoms with Gasteiger partial charge in [-0.05, 0) is 60.3 Å². The Morgan fingerprint density at radius 3 is 2.88 bits per heavy atom. The Hall–Kier alpha value is -0.120. The summed E-state index contributed by atoms with van der Waals surface area (Å²) in [7, 11) is 0. The van der Waals surface area contributed by atoms with Gasteiger partial charge in [0.25, 0.3) is 0 Å². The third kappa shape index (κ3) is 4.04. The highest BCUT2D eigenvalue weighted by molar-refractivity contribution is 9.11. The maximum Gasteiger partial charge on any atom is 0.0731 e. The monoisotopic (exact) mass is 301 g/mol. The molecule has 0 aliphatic carbocycles. The van der Waals surface area contributed by atoms with Gasteiger partial charge in [0.2, 0.25) is 0 Å². The lowest BCUT2D eigenvalue weighted by atomic mass is 10.1. The van der Waals surface area contributed by atoms with Gasteiger partial charge < -0.3 is 5.32 Å². The number of halogens is 1. The summed E-state index contributed by atoms with van der Waals surface area (Å²) in [5.41, 5.74) is 1.34. The molecule has 1 aromatic rings. The van der Waals surface area contributed by atoms with Crippen LogP contribution < -0.4 is 5.32 Å². The van der Waals surface area contributed by atoms with Crippen LogP contribution in [0.3, 0.4) is 0 Å². The minimum atomic E-state index is 0.500. The maximum atomic E-state index is 3.77. The Labute approximate surface area is 111 Å². The summed E-state index contributed by atoms with van der Waals surface area (Å²) in [6.07, 6.45) is 5.49. The highest BCUT2D eigenvalue weighted by Crippen LogP contribution is 2.33. The summed E-state index contributed by atoms with van der Waals surface area (Å²) in [6.45, 7) is 9.10. The zero-order valence-electron chi connectivity index (χ0n) is 10.1.